The molecule has 8 heteroatoms. The van der Waals surface area contributed by atoms with Crippen molar-refractivity contribution in [3.05, 3.63) is 68.9 Å². The lowest BCUT2D eigenvalue weighted by Crippen LogP contribution is -2.21. The zero-order chi connectivity index (χ0) is 15.0. The van der Waals surface area contributed by atoms with Gasteiger partial charge < -0.3 is 10.3 Å². The molecule has 0 aliphatic heterocycles. The number of nitro groups is 1. The molecule has 0 aliphatic carbocycles. The first-order valence-electron chi connectivity index (χ1n) is 6.12. The van der Waals surface area contributed by atoms with Gasteiger partial charge in [-0.25, -0.2) is 4.52 Å². The molecular formula is C13H11N5O3. The first kappa shape index (κ1) is 12.9. The average Bonchev–Trinajstić information content (AvgIpc) is 2.91. The number of fused-ring (bicyclic) bond motifs is 1. The first-order valence-corrected chi connectivity index (χ1v) is 6.12. The van der Waals surface area contributed by atoms with Gasteiger partial charge in [0, 0.05) is 18.5 Å². The van der Waals surface area contributed by atoms with Crippen LogP contribution in [0.2, 0.25) is 0 Å². The Kier molecular flexibility index (Phi) is 2.90. The van der Waals surface area contributed by atoms with Crippen molar-refractivity contribution >= 4 is 16.9 Å². The zero-order valence-corrected chi connectivity index (χ0v) is 10.8. The van der Waals surface area contributed by atoms with Gasteiger partial charge in [-0.1, -0.05) is 6.07 Å². The fraction of sp³-hybridized carbons (Fsp3) is 0.0769. The van der Waals surface area contributed by atoms with Crippen LogP contribution in [0.25, 0.3) is 5.52 Å². The molecule has 0 atom stereocenters. The van der Waals surface area contributed by atoms with E-state index in [-0.39, 0.29) is 23.5 Å². The number of nitrogen functional groups attached to an aromatic ring is 1. The molecule has 21 heavy (non-hydrogen) atoms. The van der Waals surface area contributed by atoms with Crippen molar-refractivity contribution in [3.8, 4) is 0 Å². The van der Waals surface area contributed by atoms with Crippen LogP contribution < -0.4 is 11.3 Å². The number of benzene rings is 1. The highest BCUT2D eigenvalue weighted by molar-refractivity contribution is 5.59. The molecular weight excluding hydrogens is 274 g/mol. The Balaban J connectivity index is 1.99. The highest BCUT2D eigenvalue weighted by Crippen LogP contribution is 2.22. The van der Waals surface area contributed by atoms with Gasteiger partial charge in [-0.15, -0.1) is 0 Å². The van der Waals surface area contributed by atoms with Crippen LogP contribution in [0.15, 0.2) is 47.7 Å². The number of nitrogens with two attached hydrogens (primary N) is 1. The van der Waals surface area contributed by atoms with Crippen molar-refractivity contribution in [2.75, 3.05) is 5.73 Å². The quantitative estimate of drug-likeness (QED) is 0.439. The second-order valence-corrected chi connectivity index (χ2v) is 4.54. The van der Waals surface area contributed by atoms with Crippen molar-refractivity contribution < 1.29 is 4.92 Å². The van der Waals surface area contributed by atoms with Crippen molar-refractivity contribution in [1.82, 2.24) is 14.2 Å². The summed E-state index contributed by atoms with van der Waals surface area (Å²) in [7, 11) is 0. The molecule has 2 N–H and O–H groups in total. The molecule has 0 aliphatic rings. The number of aromatic nitrogens is 3. The molecule has 8 nitrogen and oxygen atoms in total. The van der Waals surface area contributed by atoms with Crippen molar-refractivity contribution in [3.63, 3.8) is 0 Å². The van der Waals surface area contributed by atoms with Crippen molar-refractivity contribution in [1.29, 1.82) is 0 Å². The van der Waals surface area contributed by atoms with Crippen molar-refractivity contribution in [2.45, 2.75) is 6.54 Å². The Bertz CT molecular complexity index is 896. The average molecular weight is 285 g/mol. The van der Waals surface area contributed by atoms with Gasteiger partial charge in [-0.05, 0) is 17.7 Å². The molecule has 3 aromatic rings. The summed E-state index contributed by atoms with van der Waals surface area (Å²) in [6.45, 7) is 0.280. The predicted octanol–water partition coefficient (Wildman–Crippen LogP) is 1.03. The number of nitro benzene ring substituents is 1. The molecule has 0 unspecified atom stereocenters. The van der Waals surface area contributed by atoms with E-state index in [0.29, 0.717) is 11.1 Å². The van der Waals surface area contributed by atoms with Gasteiger partial charge in [0.1, 0.15) is 11.2 Å². The Morgan fingerprint density at radius 2 is 2.10 bits per heavy atom. The maximum absolute atomic E-state index is 12.2. The molecule has 1 aromatic carbocycles. The van der Waals surface area contributed by atoms with Gasteiger partial charge in [0.2, 0.25) is 0 Å². The summed E-state index contributed by atoms with van der Waals surface area (Å²) in [5, 5.41) is 14.7. The number of hydrogen-bond acceptors (Lipinski definition) is 5. The third-order valence-corrected chi connectivity index (χ3v) is 3.18. The van der Waals surface area contributed by atoms with E-state index >= 15 is 0 Å². The molecule has 3 rings (SSSR count). The van der Waals surface area contributed by atoms with E-state index in [9.17, 15) is 14.9 Å². The summed E-state index contributed by atoms with van der Waals surface area (Å²) in [6, 6.07) is 6.06. The SMILES string of the molecule is Nc1cc(Cn2ccn3nccc3c2=O)ccc1[N+](=O)[O-]. The van der Waals surface area contributed by atoms with Gasteiger partial charge in [0.25, 0.3) is 11.2 Å². The highest BCUT2D eigenvalue weighted by atomic mass is 16.6. The summed E-state index contributed by atoms with van der Waals surface area (Å²) in [5.74, 6) is 0. The van der Waals surface area contributed by atoms with E-state index in [1.54, 1.807) is 30.7 Å². The summed E-state index contributed by atoms with van der Waals surface area (Å²) < 4.78 is 2.99. The topological polar surface area (TPSA) is 108 Å². The minimum Gasteiger partial charge on any atom is -0.393 e. The zero-order valence-electron chi connectivity index (χ0n) is 10.8. The Labute approximate surface area is 118 Å². The van der Waals surface area contributed by atoms with Crippen LogP contribution in [0.5, 0.6) is 0 Å². The standard InChI is InChI=1S/C13H11N5O3/c14-10-7-9(1-2-11(10)18(20)21)8-16-5-6-17-12(13(16)19)3-4-15-17/h1-7H,8,14H2. The van der Waals surface area contributed by atoms with E-state index < -0.39 is 4.92 Å². The van der Waals surface area contributed by atoms with Gasteiger partial charge >= 0.3 is 0 Å². The Hall–Kier alpha value is -3.16. The van der Waals surface area contributed by atoms with E-state index in [2.05, 4.69) is 5.10 Å². The Morgan fingerprint density at radius 1 is 1.29 bits per heavy atom. The van der Waals surface area contributed by atoms with E-state index in [4.69, 9.17) is 5.73 Å². The van der Waals surface area contributed by atoms with Gasteiger partial charge in [0.05, 0.1) is 17.7 Å². The monoisotopic (exact) mass is 285 g/mol. The summed E-state index contributed by atoms with van der Waals surface area (Å²) >= 11 is 0. The van der Waals surface area contributed by atoms with Crippen LogP contribution in [-0.2, 0) is 6.54 Å². The van der Waals surface area contributed by atoms with E-state index in [0.717, 1.165) is 0 Å². The van der Waals surface area contributed by atoms with Gasteiger partial charge in [-0.2, -0.15) is 5.10 Å². The molecule has 0 bridgehead atoms. The van der Waals surface area contributed by atoms with Gasteiger partial charge in [-0.3, -0.25) is 14.9 Å². The van der Waals surface area contributed by atoms with E-state index in [1.165, 1.54) is 21.2 Å². The van der Waals surface area contributed by atoms with Crippen LogP contribution >= 0.6 is 0 Å². The molecule has 0 radical (unpaired) electrons. The van der Waals surface area contributed by atoms with Crippen LogP contribution in [0, 0.1) is 10.1 Å². The first-order chi connectivity index (χ1) is 10.1. The summed E-state index contributed by atoms with van der Waals surface area (Å²) in [6.07, 6.45) is 4.83. The number of anilines is 1. The summed E-state index contributed by atoms with van der Waals surface area (Å²) in [4.78, 5) is 22.4. The number of hydrogen-bond donors (Lipinski definition) is 1. The molecule has 2 heterocycles. The van der Waals surface area contributed by atoms with Crippen molar-refractivity contribution in [2.24, 2.45) is 0 Å². The molecule has 0 fully saturated rings. The number of nitrogens with zero attached hydrogens (tertiary/aromatic N) is 4. The maximum atomic E-state index is 12.2. The van der Waals surface area contributed by atoms with E-state index in [1.807, 2.05) is 0 Å². The number of rotatable bonds is 3. The normalized spacial score (nSPS) is 10.9. The lowest BCUT2D eigenvalue weighted by atomic mass is 10.1. The fourth-order valence-corrected chi connectivity index (χ4v) is 2.15. The largest absolute Gasteiger partial charge is 0.393 e. The van der Waals surface area contributed by atoms with Gasteiger partial charge in [0.15, 0.2) is 0 Å². The minimum absolute atomic E-state index is 0.0796. The second kappa shape index (κ2) is 4.75. The molecule has 2 aromatic heterocycles. The fourth-order valence-electron chi connectivity index (χ4n) is 2.15. The maximum Gasteiger partial charge on any atom is 0.292 e. The third kappa shape index (κ3) is 2.22. The molecule has 106 valence electrons. The summed E-state index contributed by atoms with van der Waals surface area (Å²) in [5.41, 5.74) is 6.57. The van der Waals surface area contributed by atoms with Crippen LogP contribution in [-0.4, -0.2) is 19.1 Å². The molecule has 0 saturated heterocycles. The van der Waals surface area contributed by atoms with Crippen LogP contribution in [0.3, 0.4) is 0 Å². The lowest BCUT2D eigenvalue weighted by Gasteiger charge is -2.07. The molecule has 0 spiro atoms. The molecule has 0 amide bonds. The lowest BCUT2D eigenvalue weighted by molar-refractivity contribution is -0.383. The molecule has 0 saturated carbocycles. The van der Waals surface area contributed by atoms with Crippen LogP contribution in [0.4, 0.5) is 11.4 Å². The highest BCUT2D eigenvalue weighted by Gasteiger charge is 2.12. The smallest absolute Gasteiger partial charge is 0.292 e. The predicted molar refractivity (Wildman–Crippen MR) is 76.1 cm³/mol. The second-order valence-electron chi connectivity index (χ2n) is 4.54. The Morgan fingerprint density at radius 3 is 2.81 bits per heavy atom. The minimum atomic E-state index is -0.538. The van der Waals surface area contributed by atoms with Crippen LogP contribution in [0.1, 0.15) is 5.56 Å². The third-order valence-electron chi connectivity index (χ3n) is 3.18.